The van der Waals surface area contributed by atoms with Crippen LogP contribution in [0.15, 0.2) is 46.7 Å². The average molecular weight is 376 g/mol. The van der Waals surface area contributed by atoms with E-state index >= 15 is 0 Å². The molecule has 5 nitrogen and oxygen atoms in total. The number of anilines is 1. The number of para-hydroxylation sites is 1. The molecule has 0 bridgehead atoms. The summed E-state index contributed by atoms with van der Waals surface area (Å²) in [4.78, 5) is 30.6. The quantitative estimate of drug-likeness (QED) is 0.843. The largest absolute Gasteiger partial charge is 0.353 e. The van der Waals surface area contributed by atoms with Crippen molar-refractivity contribution < 1.29 is 9.59 Å². The lowest BCUT2D eigenvalue weighted by atomic mass is 10.2. The molecule has 0 aliphatic carbocycles. The monoisotopic (exact) mass is 375 g/mol. The molecule has 0 radical (unpaired) electrons. The molecule has 1 aromatic carbocycles. The van der Waals surface area contributed by atoms with E-state index in [4.69, 9.17) is 0 Å². The maximum atomic E-state index is 12.4. The van der Waals surface area contributed by atoms with Gasteiger partial charge in [0.05, 0.1) is 17.5 Å². The van der Waals surface area contributed by atoms with Crippen LogP contribution >= 0.6 is 23.1 Å². The molecular weight excluding hydrogens is 354 g/mol. The summed E-state index contributed by atoms with van der Waals surface area (Å²) < 4.78 is 0. The van der Waals surface area contributed by atoms with Crippen LogP contribution in [0.2, 0.25) is 0 Å². The molecule has 25 heavy (non-hydrogen) atoms. The van der Waals surface area contributed by atoms with E-state index in [1.54, 1.807) is 16.2 Å². The molecule has 1 atom stereocenters. The first-order valence-electron chi connectivity index (χ1n) is 8.05. The third-order valence-corrected chi connectivity index (χ3v) is 6.12. The van der Waals surface area contributed by atoms with Gasteiger partial charge in [-0.05, 0) is 37.7 Å². The van der Waals surface area contributed by atoms with Gasteiger partial charge in [0.25, 0.3) is 0 Å². The molecule has 1 aromatic heterocycles. The maximum absolute atomic E-state index is 12.4. The summed E-state index contributed by atoms with van der Waals surface area (Å²) in [6, 6.07) is 11.9. The lowest BCUT2D eigenvalue weighted by molar-refractivity contribution is -0.123. The highest BCUT2D eigenvalue weighted by Crippen LogP contribution is 2.34. The van der Waals surface area contributed by atoms with Crippen LogP contribution in [-0.4, -0.2) is 49.7 Å². The molecule has 1 aliphatic heterocycles. The predicted molar refractivity (Wildman–Crippen MR) is 103 cm³/mol. The van der Waals surface area contributed by atoms with Crippen molar-refractivity contribution in [2.24, 2.45) is 0 Å². The first kappa shape index (κ1) is 18.0. The molecule has 0 saturated heterocycles. The van der Waals surface area contributed by atoms with Crippen LogP contribution in [0.4, 0.5) is 5.69 Å². The summed E-state index contributed by atoms with van der Waals surface area (Å²) in [5.41, 5.74) is 0.821. The Morgan fingerprint density at radius 2 is 2.08 bits per heavy atom. The summed E-state index contributed by atoms with van der Waals surface area (Å²) in [5.74, 6) is 0.208. The highest BCUT2D eigenvalue weighted by Gasteiger charge is 2.26. The molecule has 1 unspecified atom stereocenters. The third kappa shape index (κ3) is 4.23. The topological polar surface area (TPSA) is 52.7 Å². The van der Waals surface area contributed by atoms with Crippen molar-refractivity contribution in [3.63, 3.8) is 0 Å². The number of thioether (sulfide) groups is 1. The first-order valence-corrected chi connectivity index (χ1v) is 9.91. The molecule has 132 valence electrons. The predicted octanol–water partition coefficient (Wildman–Crippen LogP) is 2.61. The van der Waals surface area contributed by atoms with Gasteiger partial charge < -0.3 is 15.1 Å². The van der Waals surface area contributed by atoms with E-state index in [2.05, 4.69) is 16.3 Å². The Hall–Kier alpha value is -1.83. The molecule has 0 spiro atoms. The van der Waals surface area contributed by atoms with E-state index in [1.165, 1.54) is 16.6 Å². The third-order valence-electron chi connectivity index (χ3n) is 4.10. The average Bonchev–Trinajstić information content (AvgIpc) is 3.11. The standard InChI is InChI=1S/C18H21N3O2S2/c1-20(2)14(16-8-5-9-24-16)10-19-17(22)11-21-13-6-3-4-7-15(13)25-12-18(21)23/h3-9,14H,10-12H2,1-2H3,(H,19,22). The normalized spacial score (nSPS) is 15.2. The molecule has 1 N–H and O–H groups in total. The van der Waals surface area contributed by atoms with Crippen LogP contribution in [0.5, 0.6) is 0 Å². The molecule has 2 aromatic rings. The molecular formula is C18H21N3O2S2. The molecule has 0 saturated carbocycles. The molecule has 7 heteroatoms. The number of likely N-dealkylation sites (N-methyl/N-ethyl adjacent to an activating group) is 1. The zero-order valence-corrected chi connectivity index (χ0v) is 15.9. The zero-order valence-electron chi connectivity index (χ0n) is 14.3. The smallest absolute Gasteiger partial charge is 0.240 e. The highest BCUT2D eigenvalue weighted by atomic mass is 32.2. The number of nitrogens with one attached hydrogen (secondary N) is 1. The van der Waals surface area contributed by atoms with Crippen molar-refractivity contribution in [2.45, 2.75) is 10.9 Å². The fraction of sp³-hybridized carbons (Fsp3) is 0.333. The van der Waals surface area contributed by atoms with Crippen LogP contribution in [0, 0.1) is 0 Å². The number of amides is 2. The number of rotatable bonds is 6. The fourth-order valence-corrected chi connectivity index (χ4v) is 4.61. The van der Waals surface area contributed by atoms with Crippen molar-refractivity contribution >= 4 is 40.6 Å². The van der Waals surface area contributed by atoms with Crippen molar-refractivity contribution in [3.05, 3.63) is 46.7 Å². The number of carbonyl (C=O) groups is 2. The van der Waals surface area contributed by atoms with Crippen molar-refractivity contribution in [3.8, 4) is 0 Å². The van der Waals surface area contributed by atoms with E-state index in [9.17, 15) is 9.59 Å². The summed E-state index contributed by atoms with van der Waals surface area (Å²) in [6.07, 6.45) is 0. The second-order valence-corrected chi connectivity index (χ2v) is 8.03. The van der Waals surface area contributed by atoms with Crippen LogP contribution in [0.25, 0.3) is 0 Å². The summed E-state index contributed by atoms with van der Waals surface area (Å²) in [7, 11) is 4.00. The fourth-order valence-electron chi connectivity index (χ4n) is 2.76. The molecule has 0 fully saturated rings. The summed E-state index contributed by atoms with van der Waals surface area (Å²) in [6.45, 7) is 0.575. The first-order chi connectivity index (χ1) is 12.1. The second kappa shape index (κ2) is 8.03. The lowest BCUT2D eigenvalue weighted by Crippen LogP contribution is -2.44. The Bertz CT molecular complexity index is 747. The molecule has 2 amide bonds. The number of hydrogen-bond donors (Lipinski definition) is 1. The van der Waals surface area contributed by atoms with Crippen LogP contribution in [-0.2, 0) is 9.59 Å². The van der Waals surface area contributed by atoms with Gasteiger partial charge in [0, 0.05) is 16.3 Å². The maximum Gasteiger partial charge on any atom is 0.240 e. The number of hydrogen-bond acceptors (Lipinski definition) is 5. The Kier molecular flexibility index (Phi) is 5.78. The zero-order chi connectivity index (χ0) is 17.8. The summed E-state index contributed by atoms with van der Waals surface area (Å²) in [5, 5.41) is 5.01. The van der Waals surface area contributed by atoms with Gasteiger partial charge >= 0.3 is 0 Å². The number of thiophene rings is 1. The van der Waals surface area contributed by atoms with Gasteiger partial charge in [-0.2, -0.15) is 0 Å². The van der Waals surface area contributed by atoms with Crippen molar-refractivity contribution in [2.75, 3.05) is 37.8 Å². The second-order valence-electron chi connectivity index (χ2n) is 6.04. The Morgan fingerprint density at radius 1 is 1.28 bits per heavy atom. The van der Waals surface area contributed by atoms with Gasteiger partial charge in [0.15, 0.2) is 0 Å². The van der Waals surface area contributed by atoms with Gasteiger partial charge in [-0.3, -0.25) is 9.59 Å². The van der Waals surface area contributed by atoms with E-state index in [0.717, 1.165) is 10.6 Å². The van der Waals surface area contributed by atoms with E-state index < -0.39 is 0 Å². The van der Waals surface area contributed by atoms with Gasteiger partial charge in [0.2, 0.25) is 11.8 Å². The number of fused-ring (bicyclic) bond motifs is 1. The van der Waals surface area contributed by atoms with E-state index in [-0.39, 0.29) is 24.4 Å². The van der Waals surface area contributed by atoms with Crippen LogP contribution < -0.4 is 10.2 Å². The Morgan fingerprint density at radius 3 is 2.80 bits per heavy atom. The van der Waals surface area contributed by atoms with Crippen molar-refractivity contribution in [1.82, 2.24) is 10.2 Å². The molecule has 3 rings (SSSR count). The number of nitrogens with zero attached hydrogens (tertiary/aromatic N) is 2. The Balaban J connectivity index is 1.64. The summed E-state index contributed by atoms with van der Waals surface area (Å²) >= 11 is 3.20. The van der Waals surface area contributed by atoms with Crippen LogP contribution in [0.1, 0.15) is 10.9 Å². The number of carbonyl (C=O) groups excluding carboxylic acids is 2. The van der Waals surface area contributed by atoms with Gasteiger partial charge in [-0.25, -0.2) is 0 Å². The van der Waals surface area contributed by atoms with Gasteiger partial charge in [-0.1, -0.05) is 18.2 Å². The van der Waals surface area contributed by atoms with Gasteiger partial charge in [-0.15, -0.1) is 23.1 Å². The van der Waals surface area contributed by atoms with Crippen LogP contribution in [0.3, 0.4) is 0 Å². The number of benzene rings is 1. The minimum atomic E-state index is -0.140. The highest BCUT2D eigenvalue weighted by molar-refractivity contribution is 8.00. The Labute approximate surface area is 156 Å². The van der Waals surface area contributed by atoms with Gasteiger partial charge in [0.1, 0.15) is 6.54 Å². The van der Waals surface area contributed by atoms with Crippen molar-refractivity contribution in [1.29, 1.82) is 0 Å². The van der Waals surface area contributed by atoms with E-state index in [1.807, 2.05) is 49.8 Å². The SMILES string of the molecule is CN(C)C(CNC(=O)CN1C(=O)CSc2ccccc21)c1cccs1. The minimum absolute atomic E-state index is 0.0266. The van der Waals surface area contributed by atoms with E-state index in [0.29, 0.717) is 12.3 Å². The lowest BCUT2D eigenvalue weighted by Gasteiger charge is -2.29. The molecule has 1 aliphatic rings. The minimum Gasteiger partial charge on any atom is -0.353 e. The molecule has 2 heterocycles.